The van der Waals surface area contributed by atoms with E-state index in [1.165, 1.54) is 0 Å². The Morgan fingerprint density at radius 3 is 2.33 bits per heavy atom. The standard InChI is InChI=1S/C17H17NO3/c1-18-11-15(19)14-10-16(20-2)13(9-17(14)21-3)12-7-5-4-6-8-12/h4-10,15,19H,11H2,2-3H3. The molecule has 0 aromatic heterocycles. The summed E-state index contributed by atoms with van der Waals surface area (Å²) in [5.41, 5.74) is 2.44. The fourth-order valence-corrected chi connectivity index (χ4v) is 2.21. The van der Waals surface area contributed by atoms with Crippen LogP contribution in [0.1, 0.15) is 11.7 Å². The zero-order valence-electron chi connectivity index (χ0n) is 12.0. The molecule has 0 heterocycles. The Morgan fingerprint density at radius 1 is 1.10 bits per heavy atom. The number of benzene rings is 2. The van der Waals surface area contributed by atoms with Crippen molar-refractivity contribution in [1.82, 2.24) is 0 Å². The summed E-state index contributed by atoms with van der Waals surface area (Å²) in [6.45, 7) is 6.87. The Morgan fingerprint density at radius 2 is 1.76 bits per heavy atom. The summed E-state index contributed by atoms with van der Waals surface area (Å²) in [6.07, 6.45) is -0.892. The average Bonchev–Trinajstić information content (AvgIpc) is 2.54. The summed E-state index contributed by atoms with van der Waals surface area (Å²) >= 11 is 0. The van der Waals surface area contributed by atoms with E-state index in [1.54, 1.807) is 20.3 Å². The minimum atomic E-state index is -0.892. The van der Waals surface area contributed by atoms with Crippen LogP contribution >= 0.6 is 0 Å². The number of nitrogens with zero attached hydrogens (tertiary/aromatic N) is 1. The van der Waals surface area contributed by atoms with Gasteiger partial charge in [-0.3, -0.25) is 0 Å². The normalized spacial score (nSPS) is 11.5. The molecule has 0 aliphatic heterocycles. The summed E-state index contributed by atoms with van der Waals surface area (Å²) in [5.74, 6) is 1.19. The molecule has 2 rings (SSSR count). The highest BCUT2D eigenvalue weighted by Gasteiger charge is 2.20. The molecule has 0 radical (unpaired) electrons. The number of aliphatic hydroxyl groups is 1. The summed E-state index contributed by atoms with van der Waals surface area (Å²) in [5, 5.41) is 10.1. The van der Waals surface area contributed by atoms with E-state index < -0.39 is 6.10 Å². The highest BCUT2D eigenvalue weighted by molar-refractivity contribution is 5.73. The van der Waals surface area contributed by atoms with Gasteiger partial charge in [0.05, 0.1) is 14.2 Å². The molecular formula is C17H17NO3. The first kappa shape index (κ1) is 14.9. The van der Waals surface area contributed by atoms with Gasteiger partial charge in [-0.2, -0.15) is 0 Å². The summed E-state index contributed by atoms with van der Waals surface area (Å²) in [7, 11) is 3.13. The van der Waals surface area contributed by atoms with Crippen LogP contribution in [0.4, 0.5) is 0 Å². The molecule has 0 saturated carbocycles. The maximum atomic E-state index is 10.1. The molecule has 108 valence electrons. The Hall–Kier alpha value is -2.51. The van der Waals surface area contributed by atoms with Crippen molar-refractivity contribution in [1.29, 1.82) is 0 Å². The predicted octanol–water partition coefficient (Wildman–Crippen LogP) is 3.32. The smallest absolute Gasteiger partial charge is 0.244 e. The quantitative estimate of drug-likeness (QED) is 0.856. The SMILES string of the molecule is [C-]#[N+]CC(O)c1cc(OC)c(-c2ccccc2)cc1OC. The van der Waals surface area contributed by atoms with Crippen molar-refractivity contribution in [3.05, 3.63) is 59.4 Å². The largest absolute Gasteiger partial charge is 0.496 e. The third kappa shape index (κ3) is 3.15. The van der Waals surface area contributed by atoms with Gasteiger partial charge >= 0.3 is 0 Å². The van der Waals surface area contributed by atoms with Gasteiger partial charge in [0.25, 0.3) is 0 Å². The maximum absolute atomic E-state index is 10.1. The summed E-state index contributed by atoms with van der Waals surface area (Å²) in [4.78, 5) is 3.23. The van der Waals surface area contributed by atoms with E-state index in [0.29, 0.717) is 17.1 Å². The lowest BCUT2D eigenvalue weighted by atomic mass is 9.99. The number of aliphatic hydroxyl groups excluding tert-OH is 1. The van der Waals surface area contributed by atoms with Crippen LogP contribution in [0.25, 0.3) is 16.0 Å². The fourth-order valence-electron chi connectivity index (χ4n) is 2.21. The van der Waals surface area contributed by atoms with E-state index in [-0.39, 0.29) is 6.54 Å². The lowest BCUT2D eigenvalue weighted by Gasteiger charge is -2.16. The van der Waals surface area contributed by atoms with Crippen LogP contribution < -0.4 is 9.47 Å². The van der Waals surface area contributed by atoms with Gasteiger partial charge in [-0.15, -0.1) is 0 Å². The number of hydrogen-bond acceptors (Lipinski definition) is 3. The first-order valence-electron chi connectivity index (χ1n) is 6.54. The van der Waals surface area contributed by atoms with Crippen LogP contribution in [0.3, 0.4) is 0 Å². The third-order valence-corrected chi connectivity index (χ3v) is 3.26. The van der Waals surface area contributed by atoms with E-state index in [0.717, 1.165) is 11.1 Å². The topological polar surface area (TPSA) is 43.0 Å². The van der Waals surface area contributed by atoms with Crippen molar-refractivity contribution in [3.8, 4) is 22.6 Å². The minimum absolute atomic E-state index is 0.00972. The molecular weight excluding hydrogens is 266 g/mol. The van der Waals surface area contributed by atoms with Crippen LogP contribution in [0.15, 0.2) is 42.5 Å². The lowest BCUT2D eigenvalue weighted by Crippen LogP contribution is -2.04. The second-order valence-electron chi connectivity index (χ2n) is 4.52. The molecule has 21 heavy (non-hydrogen) atoms. The van der Waals surface area contributed by atoms with E-state index >= 15 is 0 Å². The van der Waals surface area contributed by atoms with Crippen molar-refractivity contribution >= 4 is 0 Å². The number of methoxy groups -OCH3 is 2. The molecule has 0 fully saturated rings. The molecule has 0 spiro atoms. The van der Waals surface area contributed by atoms with Gasteiger partial charge in [-0.05, 0) is 17.7 Å². The molecule has 2 aromatic carbocycles. The molecule has 0 aliphatic rings. The maximum Gasteiger partial charge on any atom is 0.244 e. The molecule has 1 atom stereocenters. The second-order valence-corrected chi connectivity index (χ2v) is 4.52. The second kappa shape index (κ2) is 6.78. The first-order chi connectivity index (χ1) is 10.2. The zero-order valence-corrected chi connectivity index (χ0v) is 12.0. The van der Waals surface area contributed by atoms with Gasteiger partial charge in [0, 0.05) is 11.1 Å². The fraction of sp³-hybridized carbons (Fsp3) is 0.235. The molecule has 0 saturated heterocycles. The van der Waals surface area contributed by atoms with E-state index in [9.17, 15) is 5.11 Å². The molecule has 0 bridgehead atoms. The van der Waals surface area contributed by atoms with Crippen LogP contribution in [0.5, 0.6) is 11.5 Å². The lowest BCUT2D eigenvalue weighted by molar-refractivity contribution is 0.190. The van der Waals surface area contributed by atoms with Crippen molar-refractivity contribution < 1.29 is 14.6 Å². The Bertz CT molecular complexity index is 647. The molecule has 0 aliphatic carbocycles. The Labute approximate surface area is 124 Å². The predicted molar refractivity (Wildman–Crippen MR) is 81.4 cm³/mol. The van der Waals surface area contributed by atoms with Gasteiger partial charge in [0.2, 0.25) is 6.54 Å². The van der Waals surface area contributed by atoms with Crippen molar-refractivity contribution in [2.24, 2.45) is 0 Å². The molecule has 4 nitrogen and oxygen atoms in total. The molecule has 1 unspecified atom stereocenters. The monoisotopic (exact) mass is 283 g/mol. The minimum Gasteiger partial charge on any atom is -0.496 e. The van der Waals surface area contributed by atoms with Crippen LogP contribution in [-0.2, 0) is 0 Å². The summed E-state index contributed by atoms with van der Waals surface area (Å²) < 4.78 is 10.8. The van der Waals surface area contributed by atoms with Crippen LogP contribution in [-0.4, -0.2) is 25.9 Å². The average molecular weight is 283 g/mol. The summed E-state index contributed by atoms with van der Waals surface area (Å²) in [6, 6.07) is 13.4. The first-order valence-corrected chi connectivity index (χ1v) is 6.54. The highest BCUT2D eigenvalue weighted by atomic mass is 16.5. The number of hydrogen-bond donors (Lipinski definition) is 1. The van der Waals surface area contributed by atoms with E-state index in [1.807, 2.05) is 36.4 Å². The van der Waals surface area contributed by atoms with E-state index in [2.05, 4.69) is 4.85 Å². The number of rotatable bonds is 5. The zero-order chi connectivity index (χ0) is 15.2. The number of ether oxygens (including phenoxy) is 2. The van der Waals surface area contributed by atoms with Gasteiger partial charge in [0.1, 0.15) is 11.5 Å². The Balaban J connectivity index is 2.56. The van der Waals surface area contributed by atoms with E-state index in [4.69, 9.17) is 16.0 Å². The van der Waals surface area contributed by atoms with Crippen molar-refractivity contribution in [3.63, 3.8) is 0 Å². The van der Waals surface area contributed by atoms with Gasteiger partial charge in [0.15, 0.2) is 6.10 Å². The van der Waals surface area contributed by atoms with Gasteiger partial charge in [-0.1, -0.05) is 30.3 Å². The van der Waals surface area contributed by atoms with Gasteiger partial charge in [-0.25, -0.2) is 6.57 Å². The Kier molecular flexibility index (Phi) is 4.81. The highest BCUT2D eigenvalue weighted by Crippen LogP contribution is 2.38. The third-order valence-electron chi connectivity index (χ3n) is 3.26. The van der Waals surface area contributed by atoms with Crippen molar-refractivity contribution in [2.75, 3.05) is 20.8 Å². The molecule has 0 amide bonds. The van der Waals surface area contributed by atoms with Crippen LogP contribution in [0.2, 0.25) is 0 Å². The molecule has 1 N–H and O–H groups in total. The van der Waals surface area contributed by atoms with Crippen LogP contribution in [0, 0.1) is 6.57 Å². The van der Waals surface area contributed by atoms with Gasteiger partial charge < -0.3 is 19.4 Å². The molecule has 4 heteroatoms. The molecule has 2 aromatic rings. The van der Waals surface area contributed by atoms with Crippen molar-refractivity contribution in [2.45, 2.75) is 6.10 Å².